The standard InChI is InChI=1S/C16H23N3O3/c1-17-15(20)7-13-6-12-9-19(10-14(12)22-13)8-11-4-3-5-18-16(11)21-2/h3-5,12-14H,6-10H2,1-2H3,(H,17,20)/t12-,13+,14+/m0/s1. The van der Waals surface area contributed by atoms with Gasteiger partial charge in [0.15, 0.2) is 0 Å². The van der Waals surface area contributed by atoms with Crippen molar-refractivity contribution in [2.75, 3.05) is 27.2 Å². The van der Waals surface area contributed by atoms with E-state index < -0.39 is 0 Å². The SMILES string of the molecule is CNC(=O)C[C@H]1C[C@H]2CN(Cc3cccnc3OC)C[C@H]2O1. The molecule has 0 saturated carbocycles. The summed E-state index contributed by atoms with van der Waals surface area (Å²) in [6, 6.07) is 3.99. The number of hydrogen-bond donors (Lipinski definition) is 1. The first-order chi connectivity index (χ1) is 10.7. The first-order valence-corrected chi connectivity index (χ1v) is 7.76. The van der Waals surface area contributed by atoms with Crippen LogP contribution in [0.3, 0.4) is 0 Å². The van der Waals surface area contributed by atoms with Crippen molar-refractivity contribution in [1.82, 2.24) is 15.2 Å². The van der Waals surface area contributed by atoms with Crippen molar-refractivity contribution in [1.29, 1.82) is 0 Å². The molecule has 3 atom stereocenters. The number of hydrogen-bond acceptors (Lipinski definition) is 5. The van der Waals surface area contributed by atoms with Crippen molar-refractivity contribution in [2.24, 2.45) is 5.92 Å². The number of carbonyl (C=O) groups is 1. The second-order valence-electron chi connectivity index (χ2n) is 6.04. The van der Waals surface area contributed by atoms with Crippen LogP contribution in [0.5, 0.6) is 5.88 Å². The average molecular weight is 305 g/mol. The zero-order valence-electron chi connectivity index (χ0n) is 13.1. The molecule has 0 unspecified atom stereocenters. The van der Waals surface area contributed by atoms with Crippen molar-refractivity contribution in [3.63, 3.8) is 0 Å². The van der Waals surface area contributed by atoms with Gasteiger partial charge in [-0.2, -0.15) is 0 Å². The average Bonchev–Trinajstić information content (AvgIpc) is 3.05. The molecule has 3 heterocycles. The molecule has 1 aromatic heterocycles. The number of pyridine rings is 1. The van der Waals surface area contributed by atoms with Crippen LogP contribution in [-0.2, 0) is 16.1 Å². The molecule has 0 bridgehead atoms. The number of carbonyl (C=O) groups excluding carboxylic acids is 1. The Balaban J connectivity index is 1.54. The Morgan fingerprint density at radius 2 is 2.41 bits per heavy atom. The summed E-state index contributed by atoms with van der Waals surface area (Å²) >= 11 is 0. The molecule has 1 amide bonds. The highest BCUT2D eigenvalue weighted by atomic mass is 16.5. The van der Waals surface area contributed by atoms with E-state index in [1.54, 1.807) is 20.4 Å². The van der Waals surface area contributed by atoms with Gasteiger partial charge in [0.1, 0.15) is 0 Å². The molecule has 1 aromatic rings. The fourth-order valence-corrected chi connectivity index (χ4v) is 3.49. The van der Waals surface area contributed by atoms with Crippen LogP contribution in [0.15, 0.2) is 18.3 Å². The highest BCUT2D eigenvalue weighted by Crippen LogP contribution is 2.35. The number of fused-ring (bicyclic) bond motifs is 1. The Morgan fingerprint density at radius 3 is 3.14 bits per heavy atom. The van der Waals surface area contributed by atoms with Crippen molar-refractivity contribution in [3.8, 4) is 5.88 Å². The largest absolute Gasteiger partial charge is 0.481 e. The van der Waals surface area contributed by atoms with Gasteiger partial charge >= 0.3 is 0 Å². The molecule has 2 saturated heterocycles. The Labute approximate surface area is 130 Å². The molecule has 6 nitrogen and oxygen atoms in total. The van der Waals surface area contributed by atoms with Crippen molar-refractivity contribution in [2.45, 2.75) is 31.6 Å². The molecule has 2 fully saturated rings. The first kappa shape index (κ1) is 15.2. The number of rotatable bonds is 5. The van der Waals surface area contributed by atoms with Crippen LogP contribution >= 0.6 is 0 Å². The minimum absolute atomic E-state index is 0.0573. The topological polar surface area (TPSA) is 63.7 Å². The monoisotopic (exact) mass is 305 g/mol. The molecule has 3 rings (SSSR count). The van der Waals surface area contributed by atoms with Crippen LogP contribution in [0.2, 0.25) is 0 Å². The summed E-state index contributed by atoms with van der Waals surface area (Å²) < 4.78 is 11.3. The lowest BCUT2D eigenvalue weighted by molar-refractivity contribution is -0.123. The maximum absolute atomic E-state index is 11.4. The van der Waals surface area contributed by atoms with Crippen LogP contribution in [0.25, 0.3) is 0 Å². The number of likely N-dealkylation sites (tertiary alicyclic amines) is 1. The highest BCUT2D eigenvalue weighted by Gasteiger charge is 2.42. The Hall–Kier alpha value is -1.66. The van der Waals surface area contributed by atoms with Gasteiger partial charge in [-0.3, -0.25) is 9.69 Å². The van der Waals surface area contributed by atoms with E-state index in [0.29, 0.717) is 18.2 Å². The summed E-state index contributed by atoms with van der Waals surface area (Å²) in [6.07, 6.45) is 3.51. The summed E-state index contributed by atoms with van der Waals surface area (Å²) in [5.41, 5.74) is 1.10. The molecular weight excluding hydrogens is 282 g/mol. The first-order valence-electron chi connectivity index (χ1n) is 7.76. The molecule has 1 N–H and O–H groups in total. The molecule has 6 heteroatoms. The van der Waals surface area contributed by atoms with Crippen molar-refractivity contribution < 1.29 is 14.3 Å². The zero-order chi connectivity index (χ0) is 15.5. The molecule has 120 valence electrons. The molecule has 2 aliphatic rings. The second kappa shape index (κ2) is 6.62. The van der Waals surface area contributed by atoms with E-state index in [1.165, 1.54) is 0 Å². The minimum atomic E-state index is 0.0573. The second-order valence-corrected chi connectivity index (χ2v) is 6.04. The molecule has 22 heavy (non-hydrogen) atoms. The Bertz CT molecular complexity index is 523. The molecular formula is C16H23N3O3. The quantitative estimate of drug-likeness (QED) is 0.872. The van der Waals surface area contributed by atoms with Gasteiger partial charge in [0.05, 0.1) is 25.7 Å². The lowest BCUT2D eigenvalue weighted by atomic mass is 10.0. The number of amides is 1. The van der Waals surface area contributed by atoms with Gasteiger partial charge in [-0.15, -0.1) is 0 Å². The van der Waals surface area contributed by atoms with Gasteiger partial charge in [0, 0.05) is 44.4 Å². The summed E-state index contributed by atoms with van der Waals surface area (Å²) in [5, 5.41) is 2.66. The molecule has 0 radical (unpaired) electrons. The molecule has 0 spiro atoms. The Morgan fingerprint density at radius 1 is 1.55 bits per heavy atom. The fourth-order valence-electron chi connectivity index (χ4n) is 3.49. The minimum Gasteiger partial charge on any atom is -0.481 e. The van der Waals surface area contributed by atoms with Gasteiger partial charge in [-0.05, 0) is 12.5 Å². The van der Waals surface area contributed by atoms with E-state index in [2.05, 4.69) is 21.3 Å². The normalized spacial score (nSPS) is 27.6. The Kier molecular flexibility index (Phi) is 4.59. The number of nitrogens with one attached hydrogen (secondary N) is 1. The van der Waals surface area contributed by atoms with Crippen molar-refractivity contribution in [3.05, 3.63) is 23.9 Å². The summed E-state index contributed by atoms with van der Waals surface area (Å²) in [6.45, 7) is 2.74. The smallest absolute Gasteiger partial charge is 0.222 e. The van der Waals surface area contributed by atoms with E-state index in [9.17, 15) is 4.79 Å². The van der Waals surface area contributed by atoms with Crippen LogP contribution in [0, 0.1) is 5.92 Å². The van der Waals surface area contributed by atoms with Gasteiger partial charge in [0.25, 0.3) is 0 Å². The van der Waals surface area contributed by atoms with E-state index in [1.807, 2.05) is 6.07 Å². The molecule has 0 aliphatic carbocycles. The predicted octanol–water partition coefficient (Wildman–Crippen LogP) is 0.816. The van der Waals surface area contributed by atoms with E-state index in [-0.39, 0.29) is 18.1 Å². The van der Waals surface area contributed by atoms with Crippen LogP contribution < -0.4 is 10.1 Å². The van der Waals surface area contributed by atoms with E-state index >= 15 is 0 Å². The highest BCUT2D eigenvalue weighted by molar-refractivity contribution is 5.76. The zero-order valence-corrected chi connectivity index (χ0v) is 13.1. The van der Waals surface area contributed by atoms with Crippen LogP contribution in [0.4, 0.5) is 0 Å². The number of nitrogens with zero attached hydrogens (tertiary/aromatic N) is 2. The van der Waals surface area contributed by atoms with Crippen molar-refractivity contribution >= 4 is 5.91 Å². The maximum atomic E-state index is 11.4. The fraction of sp³-hybridized carbons (Fsp3) is 0.625. The number of ether oxygens (including phenoxy) is 2. The van der Waals surface area contributed by atoms with Crippen LogP contribution in [-0.4, -0.2) is 55.2 Å². The third-order valence-electron chi connectivity index (χ3n) is 4.52. The van der Waals surface area contributed by atoms with Gasteiger partial charge in [-0.1, -0.05) is 6.07 Å². The maximum Gasteiger partial charge on any atom is 0.222 e. The van der Waals surface area contributed by atoms with Gasteiger partial charge in [0.2, 0.25) is 11.8 Å². The molecule has 0 aromatic carbocycles. The van der Waals surface area contributed by atoms with E-state index in [4.69, 9.17) is 9.47 Å². The van der Waals surface area contributed by atoms with Gasteiger partial charge < -0.3 is 14.8 Å². The third kappa shape index (κ3) is 3.23. The summed E-state index contributed by atoms with van der Waals surface area (Å²) in [4.78, 5) is 18.1. The summed E-state index contributed by atoms with van der Waals surface area (Å²) in [7, 11) is 3.32. The number of methoxy groups -OCH3 is 1. The number of aromatic nitrogens is 1. The lowest BCUT2D eigenvalue weighted by Gasteiger charge is -2.19. The van der Waals surface area contributed by atoms with E-state index in [0.717, 1.165) is 31.6 Å². The lowest BCUT2D eigenvalue weighted by Crippen LogP contribution is -2.28. The van der Waals surface area contributed by atoms with Gasteiger partial charge in [-0.25, -0.2) is 4.98 Å². The van der Waals surface area contributed by atoms with Crippen LogP contribution in [0.1, 0.15) is 18.4 Å². The third-order valence-corrected chi connectivity index (χ3v) is 4.52. The summed E-state index contributed by atoms with van der Waals surface area (Å²) in [5.74, 6) is 1.28. The molecule has 2 aliphatic heterocycles. The predicted molar refractivity (Wildman–Crippen MR) is 81.5 cm³/mol.